The van der Waals surface area contributed by atoms with Crippen LogP contribution in [0, 0.1) is 13.8 Å². The molecule has 1 rings (SSSR count). The molecule has 0 aliphatic heterocycles. The van der Waals surface area contributed by atoms with Crippen molar-refractivity contribution in [2.75, 3.05) is 0 Å². The summed E-state index contributed by atoms with van der Waals surface area (Å²) in [7, 11) is 0. The minimum absolute atomic E-state index is 0. The summed E-state index contributed by atoms with van der Waals surface area (Å²) in [5.74, 6) is -0.918. The Morgan fingerprint density at radius 2 is 2.00 bits per heavy atom. The highest BCUT2D eigenvalue weighted by Crippen LogP contribution is 2.09. The van der Waals surface area contributed by atoms with Gasteiger partial charge in [-0.1, -0.05) is 0 Å². The third-order valence-electron chi connectivity index (χ3n) is 1.70. The molecule has 0 aliphatic rings. The Hall–Kier alpha value is -1.09. The second kappa shape index (κ2) is 4.07. The fourth-order valence-corrected chi connectivity index (χ4v) is 0.845. The number of carbonyl (C=O) groups is 1. The van der Waals surface area contributed by atoms with Crippen LogP contribution in [0.3, 0.4) is 0 Å². The Labute approximate surface area is 76.9 Å². The van der Waals surface area contributed by atoms with E-state index >= 15 is 0 Å². The lowest BCUT2D eigenvalue weighted by molar-refractivity contribution is 0.0695. The van der Waals surface area contributed by atoms with Crippen molar-refractivity contribution < 1.29 is 9.90 Å². The van der Waals surface area contributed by atoms with Crippen LogP contribution in [0.15, 0.2) is 12.4 Å². The standard InChI is InChI=1S/C8H9NO2.ClH/c1-5-3-9-4-7(6(5)2)8(10)11;/h3-4H,1-2H3,(H,10,11);1H. The highest BCUT2D eigenvalue weighted by atomic mass is 35.5. The number of aromatic carboxylic acids is 1. The summed E-state index contributed by atoms with van der Waals surface area (Å²) in [5.41, 5.74) is 1.97. The first kappa shape index (κ1) is 10.9. The molecule has 0 spiro atoms. The molecule has 0 fully saturated rings. The Bertz CT molecular complexity index is 299. The van der Waals surface area contributed by atoms with E-state index in [0.29, 0.717) is 0 Å². The molecule has 1 aromatic rings. The largest absolute Gasteiger partial charge is 0.478 e. The summed E-state index contributed by atoms with van der Waals surface area (Å²) >= 11 is 0. The summed E-state index contributed by atoms with van der Waals surface area (Å²) < 4.78 is 0. The molecule has 66 valence electrons. The lowest BCUT2D eigenvalue weighted by atomic mass is 10.1. The monoisotopic (exact) mass is 187 g/mol. The van der Waals surface area contributed by atoms with Gasteiger partial charge < -0.3 is 5.11 Å². The van der Waals surface area contributed by atoms with Crippen LogP contribution < -0.4 is 0 Å². The van der Waals surface area contributed by atoms with Crippen molar-refractivity contribution in [3.05, 3.63) is 29.1 Å². The van der Waals surface area contributed by atoms with Crippen LogP contribution in [0.1, 0.15) is 21.5 Å². The van der Waals surface area contributed by atoms with Crippen molar-refractivity contribution in [3.8, 4) is 0 Å². The van der Waals surface area contributed by atoms with Gasteiger partial charge in [0.05, 0.1) is 5.56 Å². The predicted molar refractivity (Wildman–Crippen MR) is 47.9 cm³/mol. The molecule has 0 atom stereocenters. The second-order valence-corrected chi connectivity index (χ2v) is 2.43. The highest BCUT2D eigenvalue weighted by molar-refractivity contribution is 5.89. The van der Waals surface area contributed by atoms with Crippen LogP contribution in [0.5, 0.6) is 0 Å². The van der Waals surface area contributed by atoms with E-state index in [0.717, 1.165) is 11.1 Å². The summed E-state index contributed by atoms with van der Waals surface area (Å²) in [5, 5.41) is 8.65. The lowest BCUT2D eigenvalue weighted by Gasteiger charge is -2.01. The summed E-state index contributed by atoms with van der Waals surface area (Å²) in [6, 6.07) is 0. The van der Waals surface area contributed by atoms with Gasteiger partial charge in [0.2, 0.25) is 0 Å². The maximum absolute atomic E-state index is 10.5. The van der Waals surface area contributed by atoms with E-state index in [1.54, 1.807) is 13.1 Å². The number of pyridine rings is 1. The molecular formula is C8H10ClNO2. The first-order chi connectivity index (χ1) is 5.13. The molecule has 0 radical (unpaired) electrons. The maximum atomic E-state index is 10.5. The number of carboxylic acids is 1. The minimum atomic E-state index is -0.918. The van der Waals surface area contributed by atoms with Gasteiger partial charge in [-0.3, -0.25) is 4.98 Å². The van der Waals surface area contributed by atoms with E-state index < -0.39 is 5.97 Å². The molecular weight excluding hydrogens is 178 g/mol. The van der Waals surface area contributed by atoms with E-state index in [4.69, 9.17) is 5.11 Å². The zero-order valence-electron chi connectivity index (χ0n) is 6.87. The number of rotatable bonds is 1. The van der Waals surface area contributed by atoms with Crippen LogP contribution in [-0.4, -0.2) is 16.1 Å². The first-order valence-corrected chi connectivity index (χ1v) is 3.27. The van der Waals surface area contributed by atoms with Crippen molar-refractivity contribution in [1.29, 1.82) is 0 Å². The Morgan fingerprint density at radius 1 is 1.42 bits per heavy atom. The third-order valence-corrected chi connectivity index (χ3v) is 1.70. The van der Waals surface area contributed by atoms with E-state index in [1.165, 1.54) is 6.20 Å². The van der Waals surface area contributed by atoms with Crippen LogP contribution in [0.4, 0.5) is 0 Å². The summed E-state index contributed by atoms with van der Waals surface area (Å²) in [6.07, 6.45) is 3.02. The fraction of sp³-hybridized carbons (Fsp3) is 0.250. The molecule has 1 heterocycles. The van der Waals surface area contributed by atoms with Crippen LogP contribution in [0.2, 0.25) is 0 Å². The van der Waals surface area contributed by atoms with Crippen LogP contribution in [0.25, 0.3) is 0 Å². The van der Waals surface area contributed by atoms with Gasteiger partial charge in [-0.05, 0) is 25.0 Å². The molecule has 4 heteroatoms. The van der Waals surface area contributed by atoms with Gasteiger partial charge in [0, 0.05) is 12.4 Å². The SMILES string of the molecule is Cc1cncc(C(=O)O)c1C.Cl. The number of hydrogen-bond acceptors (Lipinski definition) is 2. The Morgan fingerprint density at radius 3 is 2.42 bits per heavy atom. The number of hydrogen-bond donors (Lipinski definition) is 1. The third kappa shape index (κ3) is 1.95. The molecule has 0 unspecified atom stereocenters. The molecule has 0 bridgehead atoms. The lowest BCUT2D eigenvalue weighted by Crippen LogP contribution is -2.01. The number of aromatic nitrogens is 1. The van der Waals surface area contributed by atoms with Crippen molar-refractivity contribution in [3.63, 3.8) is 0 Å². The topological polar surface area (TPSA) is 50.2 Å². The summed E-state index contributed by atoms with van der Waals surface area (Å²) in [6.45, 7) is 3.62. The Kier molecular flexibility index (Phi) is 3.70. The van der Waals surface area contributed by atoms with Gasteiger partial charge in [0.15, 0.2) is 0 Å². The number of halogens is 1. The quantitative estimate of drug-likeness (QED) is 0.730. The molecule has 12 heavy (non-hydrogen) atoms. The van der Waals surface area contributed by atoms with Gasteiger partial charge in [-0.2, -0.15) is 0 Å². The van der Waals surface area contributed by atoms with Gasteiger partial charge >= 0.3 is 5.97 Å². The number of carboxylic acid groups (broad SMARTS) is 1. The van der Waals surface area contributed by atoms with Crippen molar-refractivity contribution in [2.45, 2.75) is 13.8 Å². The van der Waals surface area contributed by atoms with E-state index in [2.05, 4.69) is 4.98 Å². The van der Waals surface area contributed by atoms with Crippen LogP contribution >= 0.6 is 12.4 Å². The number of aryl methyl sites for hydroxylation is 1. The number of nitrogens with zero attached hydrogens (tertiary/aromatic N) is 1. The predicted octanol–water partition coefficient (Wildman–Crippen LogP) is 1.82. The summed E-state index contributed by atoms with van der Waals surface area (Å²) in [4.78, 5) is 14.3. The van der Waals surface area contributed by atoms with Crippen molar-refractivity contribution in [2.24, 2.45) is 0 Å². The maximum Gasteiger partial charge on any atom is 0.337 e. The van der Waals surface area contributed by atoms with Gasteiger partial charge in [0.25, 0.3) is 0 Å². The average Bonchev–Trinajstić information content (AvgIpc) is 1.94. The van der Waals surface area contributed by atoms with Gasteiger partial charge in [-0.25, -0.2) is 4.79 Å². The minimum Gasteiger partial charge on any atom is -0.478 e. The normalized spacial score (nSPS) is 8.83. The van der Waals surface area contributed by atoms with E-state index in [1.807, 2.05) is 6.92 Å². The molecule has 0 saturated heterocycles. The Balaban J connectivity index is 0.00000121. The molecule has 1 N–H and O–H groups in total. The molecule has 0 amide bonds. The zero-order chi connectivity index (χ0) is 8.43. The molecule has 0 aliphatic carbocycles. The average molecular weight is 188 g/mol. The molecule has 3 nitrogen and oxygen atoms in total. The molecule has 1 aromatic heterocycles. The molecule has 0 aromatic carbocycles. The first-order valence-electron chi connectivity index (χ1n) is 3.27. The highest BCUT2D eigenvalue weighted by Gasteiger charge is 2.07. The van der Waals surface area contributed by atoms with Crippen molar-refractivity contribution >= 4 is 18.4 Å². The second-order valence-electron chi connectivity index (χ2n) is 2.43. The van der Waals surface area contributed by atoms with E-state index in [9.17, 15) is 4.79 Å². The zero-order valence-corrected chi connectivity index (χ0v) is 7.68. The van der Waals surface area contributed by atoms with Crippen LogP contribution in [-0.2, 0) is 0 Å². The van der Waals surface area contributed by atoms with Gasteiger partial charge in [0.1, 0.15) is 0 Å². The van der Waals surface area contributed by atoms with Gasteiger partial charge in [-0.15, -0.1) is 12.4 Å². The van der Waals surface area contributed by atoms with Crippen molar-refractivity contribution in [1.82, 2.24) is 4.98 Å². The smallest absolute Gasteiger partial charge is 0.337 e. The molecule has 0 saturated carbocycles. The fourth-order valence-electron chi connectivity index (χ4n) is 0.845. The van der Waals surface area contributed by atoms with E-state index in [-0.39, 0.29) is 18.0 Å².